The van der Waals surface area contributed by atoms with Gasteiger partial charge in [0.15, 0.2) is 4.67 Å². The zero-order valence-electron chi connectivity index (χ0n) is 12.0. The maximum Gasteiger partial charge on any atom is 0.293 e. The highest BCUT2D eigenvalue weighted by Crippen LogP contribution is 2.34. The Bertz CT molecular complexity index is 876. The lowest BCUT2D eigenvalue weighted by Crippen LogP contribution is -2.27. The number of imide groups is 1. The monoisotopic (exact) mass is 408 g/mol. The summed E-state index contributed by atoms with van der Waals surface area (Å²) in [7, 11) is 0. The second kappa shape index (κ2) is 6.62. The quantitative estimate of drug-likeness (QED) is 0.427. The highest BCUT2D eigenvalue weighted by molar-refractivity contribution is 9.10. The minimum atomic E-state index is -0.522. The van der Waals surface area contributed by atoms with Crippen LogP contribution in [0.1, 0.15) is 11.3 Å². The van der Waals surface area contributed by atoms with Gasteiger partial charge in [-0.2, -0.15) is 0 Å². The molecule has 0 bridgehead atoms. The van der Waals surface area contributed by atoms with Crippen LogP contribution in [0.25, 0.3) is 6.08 Å². The predicted molar refractivity (Wildman–Crippen MR) is 91.0 cm³/mol. The largest absolute Gasteiger partial charge is 0.450 e. The van der Waals surface area contributed by atoms with Crippen LogP contribution < -0.4 is 0 Å². The van der Waals surface area contributed by atoms with Crippen molar-refractivity contribution < 1.29 is 18.9 Å². The molecule has 0 N–H and O–H groups in total. The molecule has 9 heteroatoms. The van der Waals surface area contributed by atoms with Crippen molar-refractivity contribution in [1.82, 2.24) is 4.90 Å². The summed E-state index contributed by atoms with van der Waals surface area (Å²) in [5.74, 6) is -0.00764. The molecule has 0 aliphatic carbocycles. The van der Waals surface area contributed by atoms with Crippen LogP contribution in [0.4, 0.5) is 10.5 Å². The van der Waals surface area contributed by atoms with Gasteiger partial charge in [-0.15, -0.1) is 0 Å². The Morgan fingerprint density at radius 1 is 1.29 bits per heavy atom. The summed E-state index contributed by atoms with van der Waals surface area (Å²) in [6.45, 7) is -0.0223. The Labute approximate surface area is 148 Å². The average molecular weight is 409 g/mol. The lowest BCUT2D eigenvalue weighted by molar-refractivity contribution is -0.384. The molecule has 0 unspecified atom stereocenters. The summed E-state index contributed by atoms with van der Waals surface area (Å²) < 4.78 is 5.81. The molecule has 7 nitrogen and oxygen atoms in total. The zero-order chi connectivity index (χ0) is 17.3. The molecule has 1 fully saturated rings. The number of thioether (sulfide) groups is 1. The smallest absolute Gasteiger partial charge is 0.293 e. The van der Waals surface area contributed by atoms with Gasteiger partial charge in [-0.25, -0.2) is 0 Å². The summed E-state index contributed by atoms with van der Waals surface area (Å²) in [5.41, 5.74) is 0.420. The number of halogens is 1. The molecule has 0 radical (unpaired) electrons. The molecule has 0 saturated carbocycles. The van der Waals surface area contributed by atoms with E-state index < -0.39 is 16.1 Å². The molecule has 1 aliphatic rings. The Morgan fingerprint density at radius 2 is 2.08 bits per heavy atom. The van der Waals surface area contributed by atoms with Gasteiger partial charge >= 0.3 is 0 Å². The minimum absolute atomic E-state index is 0.0223. The van der Waals surface area contributed by atoms with Gasteiger partial charge in [0.1, 0.15) is 5.76 Å². The number of amides is 2. The summed E-state index contributed by atoms with van der Waals surface area (Å²) in [4.78, 5) is 36.0. The van der Waals surface area contributed by atoms with Crippen LogP contribution in [0.2, 0.25) is 0 Å². The van der Waals surface area contributed by atoms with Crippen LogP contribution in [0.3, 0.4) is 0 Å². The number of nitro groups is 1. The third-order valence-electron chi connectivity index (χ3n) is 3.20. The molecular weight excluding hydrogens is 400 g/mol. The first-order valence-electron chi connectivity index (χ1n) is 6.68. The zero-order valence-corrected chi connectivity index (χ0v) is 14.4. The summed E-state index contributed by atoms with van der Waals surface area (Å²) in [5, 5.41) is 10.4. The van der Waals surface area contributed by atoms with Crippen molar-refractivity contribution in [2.45, 2.75) is 6.54 Å². The molecule has 2 heterocycles. The molecule has 1 saturated heterocycles. The van der Waals surface area contributed by atoms with Gasteiger partial charge in [0.2, 0.25) is 0 Å². The topological polar surface area (TPSA) is 93.7 Å². The Balaban J connectivity index is 1.81. The number of nitrogens with zero attached hydrogens (tertiary/aromatic N) is 2. The SMILES string of the molecule is O=C1SC(=Cc2ccc(Br)o2)C(=O)N1Cc1cccc([N+](=O)[O-])c1. The van der Waals surface area contributed by atoms with Gasteiger partial charge in [-0.05, 0) is 45.4 Å². The predicted octanol–water partition coefficient (Wildman–Crippen LogP) is 4.19. The number of non-ortho nitro benzene ring substituents is 1. The number of hydrogen-bond donors (Lipinski definition) is 0. The first-order valence-corrected chi connectivity index (χ1v) is 8.29. The molecule has 0 atom stereocenters. The summed E-state index contributed by atoms with van der Waals surface area (Å²) >= 11 is 3.97. The number of furan rings is 1. The van der Waals surface area contributed by atoms with E-state index in [4.69, 9.17) is 4.42 Å². The van der Waals surface area contributed by atoms with E-state index in [0.717, 1.165) is 16.7 Å². The number of carbonyl (C=O) groups excluding carboxylic acids is 2. The van der Waals surface area contributed by atoms with Crippen molar-refractivity contribution in [3.05, 3.63) is 67.4 Å². The van der Waals surface area contributed by atoms with E-state index in [1.807, 2.05) is 0 Å². The first kappa shape index (κ1) is 16.5. The number of hydrogen-bond acceptors (Lipinski definition) is 6. The van der Waals surface area contributed by atoms with Gasteiger partial charge in [-0.3, -0.25) is 24.6 Å². The molecule has 1 aliphatic heterocycles. The maximum atomic E-state index is 12.4. The van der Waals surface area contributed by atoms with Gasteiger partial charge in [0, 0.05) is 18.2 Å². The maximum absolute atomic E-state index is 12.4. The van der Waals surface area contributed by atoms with Crippen molar-refractivity contribution in [3.63, 3.8) is 0 Å². The van der Waals surface area contributed by atoms with E-state index >= 15 is 0 Å². The van der Waals surface area contributed by atoms with Crippen molar-refractivity contribution in [2.24, 2.45) is 0 Å². The standard InChI is InChI=1S/C15H9BrN2O5S/c16-13-5-4-11(23-13)7-12-14(19)17(15(20)24-12)8-9-2-1-3-10(6-9)18(21)22/h1-7H,8H2. The van der Waals surface area contributed by atoms with Crippen molar-refractivity contribution in [2.75, 3.05) is 0 Å². The lowest BCUT2D eigenvalue weighted by atomic mass is 10.2. The normalized spacial score (nSPS) is 16.2. The van der Waals surface area contributed by atoms with Crippen LogP contribution >= 0.6 is 27.7 Å². The number of benzene rings is 1. The number of nitro benzene ring substituents is 1. The third-order valence-corrected chi connectivity index (χ3v) is 4.54. The molecular formula is C15H9BrN2O5S. The molecule has 122 valence electrons. The van der Waals surface area contributed by atoms with Crippen LogP contribution in [-0.4, -0.2) is 21.0 Å². The number of rotatable bonds is 4. The number of carbonyl (C=O) groups is 2. The summed E-state index contributed by atoms with van der Waals surface area (Å²) in [6.07, 6.45) is 1.49. The Kier molecular flexibility index (Phi) is 4.54. The van der Waals surface area contributed by atoms with Crippen LogP contribution in [0.15, 0.2) is 50.4 Å². The van der Waals surface area contributed by atoms with E-state index in [1.54, 1.807) is 18.2 Å². The lowest BCUT2D eigenvalue weighted by Gasteiger charge is -2.12. The van der Waals surface area contributed by atoms with Crippen molar-refractivity contribution >= 4 is 50.6 Å². The molecule has 3 rings (SSSR count). The van der Waals surface area contributed by atoms with E-state index in [0.29, 0.717) is 16.0 Å². The van der Waals surface area contributed by atoms with Crippen LogP contribution in [-0.2, 0) is 11.3 Å². The van der Waals surface area contributed by atoms with Gasteiger partial charge in [-0.1, -0.05) is 12.1 Å². The highest BCUT2D eigenvalue weighted by atomic mass is 79.9. The fourth-order valence-electron chi connectivity index (χ4n) is 2.12. The van der Waals surface area contributed by atoms with E-state index in [1.165, 1.54) is 24.3 Å². The molecule has 2 aromatic rings. The highest BCUT2D eigenvalue weighted by Gasteiger charge is 2.35. The van der Waals surface area contributed by atoms with Crippen molar-refractivity contribution in [3.8, 4) is 0 Å². The fourth-order valence-corrected chi connectivity index (χ4v) is 3.26. The Hall–Kier alpha value is -2.39. The van der Waals surface area contributed by atoms with Crippen LogP contribution in [0, 0.1) is 10.1 Å². The molecule has 24 heavy (non-hydrogen) atoms. The van der Waals surface area contributed by atoms with Gasteiger partial charge < -0.3 is 4.42 Å². The van der Waals surface area contributed by atoms with E-state index in [2.05, 4.69) is 15.9 Å². The van der Waals surface area contributed by atoms with Gasteiger partial charge in [0.05, 0.1) is 16.4 Å². The molecule has 2 amide bonds. The minimum Gasteiger partial charge on any atom is -0.450 e. The van der Waals surface area contributed by atoms with Crippen molar-refractivity contribution in [1.29, 1.82) is 0 Å². The first-order chi connectivity index (χ1) is 11.4. The third kappa shape index (κ3) is 3.41. The molecule has 1 aromatic heterocycles. The average Bonchev–Trinajstić information content (AvgIpc) is 3.06. The van der Waals surface area contributed by atoms with Gasteiger partial charge in [0.25, 0.3) is 16.8 Å². The second-order valence-corrected chi connectivity index (χ2v) is 6.61. The van der Waals surface area contributed by atoms with E-state index in [9.17, 15) is 19.7 Å². The Morgan fingerprint density at radius 3 is 2.75 bits per heavy atom. The van der Waals surface area contributed by atoms with E-state index in [-0.39, 0.29) is 17.1 Å². The summed E-state index contributed by atoms with van der Waals surface area (Å²) in [6, 6.07) is 9.19. The van der Waals surface area contributed by atoms with Crippen LogP contribution in [0.5, 0.6) is 0 Å². The second-order valence-electron chi connectivity index (χ2n) is 4.84. The fraction of sp³-hybridized carbons (Fsp3) is 0.0667. The molecule has 1 aromatic carbocycles. The molecule has 0 spiro atoms.